The van der Waals surface area contributed by atoms with E-state index < -0.39 is 0 Å². The van der Waals surface area contributed by atoms with E-state index in [0.717, 1.165) is 11.1 Å². The summed E-state index contributed by atoms with van der Waals surface area (Å²) in [6.07, 6.45) is 0. The Labute approximate surface area is 182 Å². The van der Waals surface area contributed by atoms with Crippen molar-refractivity contribution in [3.63, 3.8) is 0 Å². The molecule has 6 nitrogen and oxygen atoms in total. The van der Waals surface area contributed by atoms with Crippen LogP contribution >= 0.6 is 47.0 Å². The lowest BCUT2D eigenvalue weighted by molar-refractivity contribution is 0.284. The van der Waals surface area contributed by atoms with Crippen LogP contribution < -0.4 is 14.9 Å². The largest absolute Gasteiger partial charge is 0.493 e. The Kier molecular flexibility index (Phi) is 6.72. The molecule has 0 saturated heterocycles. The average molecular weight is 460 g/mol. The van der Waals surface area contributed by atoms with Crippen molar-refractivity contribution in [3.05, 3.63) is 67.1 Å². The first-order chi connectivity index (χ1) is 13.4. The summed E-state index contributed by atoms with van der Waals surface area (Å²) in [5.41, 5.74) is 4.79. The molecule has 0 aliphatic carbocycles. The number of methoxy groups -OCH3 is 1. The van der Waals surface area contributed by atoms with Crippen LogP contribution in [0, 0.1) is 11.7 Å². The maximum Gasteiger partial charge on any atom is 0.214 e. The summed E-state index contributed by atoms with van der Waals surface area (Å²) in [7, 11) is 1.57. The van der Waals surface area contributed by atoms with E-state index in [9.17, 15) is 0 Å². The number of ether oxygens (including phenoxy) is 2. The molecular weight excluding hydrogens is 443 g/mol. The molecule has 10 heteroatoms. The quantitative estimate of drug-likeness (QED) is 0.454. The summed E-state index contributed by atoms with van der Waals surface area (Å²) in [6.45, 7) is 2.51. The monoisotopic (exact) mass is 458 g/mol. The number of aryl methyl sites for hydroxylation is 1. The molecule has 3 aromatic rings. The van der Waals surface area contributed by atoms with E-state index in [1.54, 1.807) is 30.0 Å². The molecule has 0 unspecified atom stereocenters. The Morgan fingerprint density at radius 1 is 1.11 bits per heavy atom. The lowest BCUT2D eigenvalue weighted by Gasteiger charge is -2.15. The van der Waals surface area contributed by atoms with Crippen molar-refractivity contribution >= 4 is 47.0 Å². The van der Waals surface area contributed by atoms with Crippen molar-refractivity contribution < 1.29 is 9.47 Å². The second-order valence-corrected chi connectivity index (χ2v) is 7.50. The fourth-order valence-electron chi connectivity index (χ4n) is 2.51. The van der Waals surface area contributed by atoms with Crippen LogP contribution in [0.1, 0.15) is 17.0 Å². The minimum atomic E-state index is 0.254. The van der Waals surface area contributed by atoms with Crippen molar-refractivity contribution in [2.24, 2.45) is 0 Å². The normalized spacial score (nSPS) is 10.8. The maximum absolute atomic E-state index is 6.43. The van der Waals surface area contributed by atoms with E-state index in [1.807, 2.05) is 19.1 Å². The third-order valence-electron chi connectivity index (χ3n) is 4.00. The van der Waals surface area contributed by atoms with E-state index in [4.69, 9.17) is 56.5 Å². The Morgan fingerprint density at radius 3 is 2.50 bits per heavy atom. The number of nitrogens with zero attached hydrogens (tertiary/aromatic N) is 2. The van der Waals surface area contributed by atoms with E-state index in [1.165, 1.54) is 0 Å². The van der Waals surface area contributed by atoms with Gasteiger partial charge in [-0.2, -0.15) is 5.10 Å². The maximum atomic E-state index is 6.43. The number of rotatable bonds is 7. The summed E-state index contributed by atoms with van der Waals surface area (Å²) in [5.74, 6) is 1.78. The topological polar surface area (TPSA) is 64.1 Å². The molecule has 1 aromatic heterocycles. The van der Waals surface area contributed by atoms with Crippen molar-refractivity contribution in [2.75, 3.05) is 12.5 Å². The van der Waals surface area contributed by atoms with Gasteiger partial charge in [0.15, 0.2) is 11.5 Å². The van der Waals surface area contributed by atoms with Crippen molar-refractivity contribution in [3.8, 4) is 11.5 Å². The molecule has 0 atom stereocenters. The van der Waals surface area contributed by atoms with Crippen LogP contribution in [-0.4, -0.2) is 22.0 Å². The van der Waals surface area contributed by atoms with Gasteiger partial charge in [0.2, 0.25) is 4.77 Å². The van der Waals surface area contributed by atoms with Crippen LogP contribution in [0.25, 0.3) is 0 Å². The molecule has 0 aliphatic rings. The zero-order valence-electron chi connectivity index (χ0n) is 15.1. The predicted octanol–water partition coefficient (Wildman–Crippen LogP) is 5.54. The summed E-state index contributed by atoms with van der Waals surface area (Å²) in [6, 6.07) is 8.77. The highest BCUT2D eigenvalue weighted by Gasteiger charge is 2.12. The van der Waals surface area contributed by atoms with Crippen molar-refractivity contribution in [1.82, 2.24) is 14.9 Å². The molecule has 1 heterocycles. The number of benzene rings is 2. The van der Waals surface area contributed by atoms with Gasteiger partial charge in [-0.1, -0.05) is 40.9 Å². The smallest absolute Gasteiger partial charge is 0.214 e. The second-order valence-electron chi connectivity index (χ2n) is 5.87. The highest BCUT2D eigenvalue weighted by atomic mass is 35.5. The van der Waals surface area contributed by atoms with Crippen molar-refractivity contribution in [1.29, 1.82) is 0 Å². The zero-order valence-corrected chi connectivity index (χ0v) is 18.1. The number of aromatic nitrogens is 3. The molecule has 0 amide bonds. The van der Waals surface area contributed by atoms with Gasteiger partial charge in [-0.25, -0.2) is 4.68 Å². The van der Waals surface area contributed by atoms with Gasteiger partial charge in [0, 0.05) is 26.7 Å². The van der Waals surface area contributed by atoms with Crippen LogP contribution in [0.2, 0.25) is 15.1 Å². The molecule has 28 heavy (non-hydrogen) atoms. The molecule has 148 valence electrons. The fraction of sp³-hybridized carbons (Fsp3) is 0.222. The molecule has 0 spiro atoms. The lowest BCUT2D eigenvalue weighted by atomic mass is 10.2. The molecule has 0 radical (unpaired) electrons. The minimum absolute atomic E-state index is 0.254. The molecular formula is C18H17Cl3N4O2S. The average Bonchev–Trinajstić information content (AvgIpc) is 2.98. The molecule has 0 fully saturated rings. The molecule has 3 rings (SSSR count). The van der Waals surface area contributed by atoms with Gasteiger partial charge in [0.1, 0.15) is 12.4 Å². The predicted molar refractivity (Wildman–Crippen MR) is 114 cm³/mol. The molecule has 0 aliphatic heterocycles. The number of aromatic amines is 1. The Balaban J connectivity index is 1.76. The van der Waals surface area contributed by atoms with Gasteiger partial charge < -0.3 is 14.9 Å². The molecule has 2 aromatic carbocycles. The second kappa shape index (κ2) is 9.05. The minimum Gasteiger partial charge on any atom is -0.493 e. The van der Waals surface area contributed by atoms with Gasteiger partial charge >= 0.3 is 0 Å². The standard InChI is InChI=1S/C18H17Cl3N4O2S/c1-10-23-24-18(28)25(10)22-8-12-5-16(26-2)17(7-15(12)21)27-9-11-3-4-13(19)6-14(11)20/h3-7,22H,8-9H2,1-2H3,(H,24,28). The number of H-pyrrole nitrogens is 1. The number of hydrogen-bond acceptors (Lipinski definition) is 5. The van der Waals surface area contributed by atoms with Crippen LogP contribution in [0.15, 0.2) is 30.3 Å². The summed E-state index contributed by atoms with van der Waals surface area (Å²) in [5, 5.41) is 8.39. The summed E-state index contributed by atoms with van der Waals surface area (Å²) in [4.78, 5) is 0. The zero-order chi connectivity index (χ0) is 20.3. The van der Waals surface area contributed by atoms with Gasteiger partial charge in [0.25, 0.3) is 0 Å². The number of nitrogens with one attached hydrogen (secondary N) is 2. The van der Waals surface area contributed by atoms with Gasteiger partial charge in [-0.05, 0) is 42.9 Å². The highest BCUT2D eigenvalue weighted by Crippen LogP contribution is 2.34. The van der Waals surface area contributed by atoms with Gasteiger partial charge in [0.05, 0.1) is 13.7 Å². The molecule has 2 N–H and O–H groups in total. The SMILES string of the molecule is COc1cc(CNn2c(C)n[nH]c2=S)c(Cl)cc1OCc1ccc(Cl)cc1Cl. The third kappa shape index (κ3) is 4.72. The third-order valence-corrected chi connectivity index (χ3v) is 5.21. The fourth-order valence-corrected chi connectivity index (χ4v) is 3.43. The lowest BCUT2D eigenvalue weighted by Crippen LogP contribution is -2.16. The van der Waals surface area contributed by atoms with Gasteiger partial charge in [-0.3, -0.25) is 5.10 Å². The van der Waals surface area contributed by atoms with E-state index in [-0.39, 0.29) is 6.61 Å². The first-order valence-electron chi connectivity index (χ1n) is 8.20. The van der Waals surface area contributed by atoms with Crippen molar-refractivity contribution in [2.45, 2.75) is 20.1 Å². The van der Waals surface area contributed by atoms with E-state index >= 15 is 0 Å². The Morgan fingerprint density at radius 2 is 1.86 bits per heavy atom. The van der Waals surface area contributed by atoms with Gasteiger partial charge in [-0.15, -0.1) is 0 Å². The van der Waals surface area contributed by atoms with E-state index in [0.29, 0.717) is 43.7 Å². The Bertz CT molecular complexity index is 1050. The van der Waals surface area contributed by atoms with Crippen LogP contribution in [0.4, 0.5) is 0 Å². The summed E-state index contributed by atoms with van der Waals surface area (Å²) < 4.78 is 13.5. The van der Waals surface area contributed by atoms with E-state index in [2.05, 4.69) is 15.6 Å². The first-order valence-corrected chi connectivity index (χ1v) is 9.74. The summed E-state index contributed by atoms with van der Waals surface area (Å²) >= 11 is 23.7. The molecule has 0 saturated carbocycles. The Hall–Kier alpha value is -1.93. The number of halogens is 3. The highest BCUT2D eigenvalue weighted by molar-refractivity contribution is 7.71. The van der Waals surface area contributed by atoms with Crippen LogP contribution in [0.5, 0.6) is 11.5 Å². The number of hydrogen-bond donors (Lipinski definition) is 2. The molecule has 0 bridgehead atoms. The van der Waals surface area contributed by atoms with Crippen LogP contribution in [-0.2, 0) is 13.2 Å². The van der Waals surface area contributed by atoms with Crippen LogP contribution in [0.3, 0.4) is 0 Å². The first kappa shape index (κ1) is 20.8.